The zero-order valence-electron chi connectivity index (χ0n) is 13.0. The van der Waals surface area contributed by atoms with Gasteiger partial charge in [0.2, 0.25) is 0 Å². The number of amides is 1. The third-order valence-electron chi connectivity index (χ3n) is 3.51. The molecule has 0 fully saturated rings. The van der Waals surface area contributed by atoms with Crippen molar-refractivity contribution in [1.29, 1.82) is 0 Å². The maximum Gasteiger partial charge on any atom is 0.255 e. The van der Waals surface area contributed by atoms with Gasteiger partial charge >= 0.3 is 0 Å². The van der Waals surface area contributed by atoms with Crippen LogP contribution in [0.2, 0.25) is 0 Å². The van der Waals surface area contributed by atoms with E-state index >= 15 is 0 Å². The first-order valence-electron chi connectivity index (χ1n) is 7.50. The predicted octanol–water partition coefficient (Wildman–Crippen LogP) is 3.85. The highest BCUT2D eigenvalue weighted by atomic mass is 16.1. The highest BCUT2D eigenvalue weighted by molar-refractivity contribution is 6.04. The summed E-state index contributed by atoms with van der Waals surface area (Å²) in [6.45, 7) is 0. The molecule has 5 heteroatoms. The van der Waals surface area contributed by atoms with Crippen molar-refractivity contribution in [2.24, 2.45) is 0 Å². The van der Waals surface area contributed by atoms with Crippen LogP contribution in [0.1, 0.15) is 10.4 Å². The van der Waals surface area contributed by atoms with Gasteiger partial charge < -0.3 is 22.1 Å². The third-order valence-corrected chi connectivity index (χ3v) is 3.51. The second-order valence-electron chi connectivity index (χ2n) is 5.40. The van der Waals surface area contributed by atoms with Gasteiger partial charge in [0.1, 0.15) is 0 Å². The van der Waals surface area contributed by atoms with Gasteiger partial charge in [-0.05, 0) is 72.8 Å². The average molecular weight is 318 g/mol. The molecule has 3 rings (SSSR count). The van der Waals surface area contributed by atoms with Crippen LogP contribution in [-0.4, -0.2) is 5.91 Å². The van der Waals surface area contributed by atoms with E-state index < -0.39 is 0 Å². The Bertz CT molecular complexity index is 825. The molecule has 0 bridgehead atoms. The van der Waals surface area contributed by atoms with Crippen LogP contribution in [0.5, 0.6) is 0 Å². The largest absolute Gasteiger partial charge is 0.399 e. The zero-order chi connectivity index (χ0) is 16.9. The lowest BCUT2D eigenvalue weighted by molar-refractivity contribution is 0.102. The number of carbonyl (C=O) groups excluding carboxylic acids is 1. The van der Waals surface area contributed by atoms with Crippen LogP contribution in [0.4, 0.5) is 28.4 Å². The molecule has 0 saturated heterocycles. The summed E-state index contributed by atoms with van der Waals surface area (Å²) in [6.07, 6.45) is 0. The lowest BCUT2D eigenvalue weighted by Crippen LogP contribution is -2.11. The topological polar surface area (TPSA) is 93.2 Å². The summed E-state index contributed by atoms with van der Waals surface area (Å²) in [5, 5.41) is 6.08. The van der Waals surface area contributed by atoms with Crippen molar-refractivity contribution < 1.29 is 4.79 Å². The summed E-state index contributed by atoms with van der Waals surface area (Å²) >= 11 is 0. The summed E-state index contributed by atoms with van der Waals surface area (Å²) in [4.78, 5) is 12.2. The number of anilines is 5. The number of benzene rings is 3. The van der Waals surface area contributed by atoms with Gasteiger partial charge in [0.05, 0.1) is 0 Å². The molecule has 0 aliphatic rings. The highest BCUT2D eigenvalue weighted by Crippen LogP contribution is 2.19. The Labute approximate surface area is 140 Å². The normalized spacial score (nSPS) is 10.2. The van der Waals surface area contributed by atoms with Gasteiger partial charge in [0.25, 0.3) is 5.91 Å². The molecular weight excluding hydrogens is 300 g/mol. The van der Waals surface area contributed by atoms with E-state index in [4.69, 9.17) is 11.5 Å². The molecule has 0 aliphatic heterocycles. The minimum atomic E-state index is -0.168. The van der Waals surface area contributed by atoms with Crippen molar-refractivity contribution >= 4 is 34.3 Å². The number of nitrogens with two attached hydrogens (primary N) is 2. The first-order valence-corrected chi connectivity index (χ1v) is 7.50. The fraction of sp³-hybridized carbons (Fsp3) is 0. The molecule has 24 heavy (non-hydrogen) atoms. The molecule has 3 aromatic carbocycles. The molecule has 0 aliphatic carbocycles. The van der Waals surface area contributed by atoms with Gasteiger partial charge in [0.15, 0.2) is 0 Å². The lowest BCUT2D eigenvalue weighted by atomic mass is 10.1. The standard InChI is InChI=1S/C19H18N4O/c20-14-3-9-17(10-4-14)22-16-7-1-13(2-8-16)19(24)23-18-11-5-15(21)6-12-18/h1-12,22H,20-21H2,(H,23,24). The van der Waals surface area contributed by atoms with Gasteiger partial charge in [-0.1, -0.05) is 0 Å². The van der Waals surface area contributed by atoms with E-state index in [0.29, 0.717) is 16.9 Å². The van der Waals surface area contributed by atoms with Gasteiger partial charge in [0, 0.05) is 34.0 Å². The molecule has 0 heterocycles. The van der Waals surface area contributed by atoms with E-state index in [0.717, 1.165) is 17.1 Å². The third kappa shape index (κ3) is 3.84. The quantitative estimate of drug-likeness (QED) is 0.550. The summed E-state index contributed by atoms with van der Waals surface area (Å²) in [7, 11) is 0. The summed E-state index contributed by atoms with van der Waals surface area (Å²) in [5.41, 5.74) is 15.8. The minimum Gasteiger partial charge on any atom is -0.399 e. The molecule has 6 N–H and O–H groups in total. The smallest absolute Gasteiger partial charge is 0.255 e. The van der Waals surface area contributed by atoms with Crippen LogP contribution < -0.4 is 22.1 Å². The SMILES string of the molecule is Nc1ccc(NC(=O)c2ccc(Nc3ccc(N)cc3)cc2)cc1. The highest BCUT2D eigenvalue weighted by Gasteiger charge is 2.06. The van der Waals surface area contributed by atoms with E-state index in [-0.39, 0.29) is 5.91 Å². The molecule has 0 spiro atoms. The van der Waals surface area contributed by atoms with Crippen molar-refractivity contribution in [3.05, 3.63) is 78.4 Å². The summed E-state index contributed by atoms with van der Waals surface area (Å²) in [6, 6.07) is 21.7. The Kier molecular flexibility index (Phi) is 4.34. The second kappa shape index (κ2) is 6.75. The Morgan fingerprint density at radius 1 is 0.625 bits per heavy atom. The van der Waals surface area contributed by atoms with E-state index in [1.807, 2.05) is 36.4 Å². The molecule has 0 radical (unpaired) electrons. The van der Waals surface area contributed by atoms with E-state index in [1.54, 1.807) is 36.4 Å². The number of nitrogens with one attached hydrogen (secondary N) is 2. The number of hydrogen-bond acceptors (Lipinski definition) is 4. The Hall–Kier alpha value is -3.47. The van der Waals surface area contributed by atoms with Gasteiger partial charge in [-0.2, -0.15) is 0 Å². The fourth-order valence-corrected chi connectivity index (χ4v) is 2.21. The van der Waals surface area contributed by atoms with Gasteiger partial charge in [-0.25, -0.2) is 0 Å². The van der Waals surface area contributed by atoms with Crippen LogP contribution in [0.15, 0.2) is 72.8 Å². The van der Waals surface area contributed by atoms with Crippen molar-refractivity contribution in [3.8, 4) is 0 Å². The first kappa shape index (κ1) is 15.4. The number of hydrogen-bond donors (Lipinski definition) is 4. The predicted molar refractivity (Wildman–Crippen MR) is 99.4 cm³/mol. The zero-order valence-corrected chi connectivity index (χ0v) is 13.0. The first-order chi connectivity index (χ1) is 11.6. The fourth-order valence-electron chi connectivity index (χ4n) is 2.21. The van der Waals surface area contributed by atoms with Crippen molar-refractivity contribution in [2.45, 2.75) is 0 Å². The number of carbonyl (C=O) groups is 1. The summed E-state index contributed by atoms with van der Waals surface area (Å²) in [5.74, 6) is -0.168. The minimum absolute atomic E-state index is 0.168. The van der Waals surface area contributed by atoms with Crippen LogP contribution in [0, 0.1) is 0 Å². The van der Waals surface area contributed by atoms with Crippen molar-refractivity contribution in [1.82, 2.24) is 0 Å². The Morgan fingerprint density at radius 3 is 1.54 bits per heavy atom. The molecule has 0 atom stereocenters. The maximum atomic E-state index is 12.2. The monoisotopic (exact) mass is 318 g/mol. The Balaban J connectivity index is 1.66. The lowest BCUT2D eigenvalue weighted by Gasteiger charge is -2.09. The molecule has 0 aromatic heterocycles. The van der Waals surface area contributed by atoms with E-state index in [1.165, 1.54) is 0 Å². The van der Waals surface area contributed by atoms with Crippen LogP contribution in [0.25, 0.3) is 0 Å². The van der Waals surface area contributed by atoms with Gasteiger partial charge in [-0.15, -0.1) is 0 Å². The average Bonchev–Trinajstić information content (AvgIpc) is 2.59. The molecular formula is C19H18N4O. The molecule has 1 amide bonds. The maximum absolute atomic E-state index is 12.2. The molecule has 0 unspecified atom stereocenters. The molecule has 120 valence electrons. The molecule has 5 nitrogen and oxygen atoms in total. The Morgan fingerprint density at radius 2 is 1.04 bits per heavy atom. The van der Waals surface area contributed by atoms with E-state index in [2.05, 4.69) is 10.6 Å². The summed E-state index contributed by atoms with van der Waals surface area (Å²) < 4.78 is 0. The van der Waals surface area contributed by atoms with Crippen LogP contribution >= 0.6 is 0 Å². The number of rotatable bonds is 4. The van der Waals surface area contributed by atoms with Crippen molar-refractivity contribution in [2.75, 3.05) is 22.1 Å². The second-order valence-corrected chi connectivity index (χ2v) is 5.40. The molecule has 0 saturated carbocycles. The van der Waals surface area contributed by atoms with Crippen molar-refractivity contribution in [3.63, 3.8) is 0 Å². The number of nitrogen functional groups attached to an aromatic ring is 2. The molecule has 3 aromatic rings. The van der Waals surface area contributed by atoms with Crippen LogP contribution in [0.3, 0.4) is 0 Å². The van der Waals surface area contributed by atoms with Gasteiger partial charge in [-0.3, -0.25) is 4.79 Å². The van der Waals surface area contributed by atoms with Crippen LogP contribution in [-0.2, 0) is 0 Å². The van der Waals surface area contributed by atoms with E-state index in [9.17, 15) is 4.79 Å².